The number of carbonyl (C=O) groups is 1. The Morgan fingerprint density at radius 1 is 1.44 bits per heavy atom. The maximum Gasteiger partial charge on any atom is 0.410 e. The van der Waals surface area contributed by atoms with Gasteiger partial charge in [-0.3, -0.25) is 0 Å². The number of hydrogen-bond acceptors (Lipinski definition) is 2. The van der Waals surface area contributed by atoms with E-state index in [1.807, 2.05) is 48.2 Å². The van der Waals surface area contributed by atoms with Crippen LogP contribution >= 0.6 is 0 Å². The van der Waals surface area contributed by atoms with E-state index in [1.54, 1.807) is 0 Å². The first kappa shape index (κ1) is 12.7. The molecule has 0 spiro atoms. The molecular weight excluding hydrogens is 226 g/mol. The summed E-state index contributed by atoms with van der Waals surface area (Å²) >= 11 is 0. The van der Waals surface area contributed by atoms with Crippen LogP contribution in [0.1, 0.15) is 25.3 Å². The summed E-state index contributed by atoms with van der Waals surface area (Å²) in [5.41, 5.74) is 1.02. The Balaban J connectivity index is 1.88. The van der Waals surface area contributed by atoms with Crippen molar-refractivity contribution in [3.8, 4) is 0 Å². The van der Waals surface area contributed by atoms with Gasteiger partial charge in [-0.1, -0.05) is 42.5 Å². The van der Waals surface area contributed by atoms with Crippen molar-refractivity contribution >= 4 is 6.09 Å². The summed E-state index contributed by atoms with van der Waals surface area (Å²) in [7, 11) is 0. The molecule has 1 aliphatic heterocycles. The van der Waals surface area contributed by atoms with Crippen LogP contribution < -0.4 is 0 Å². The molecule has 1 amide bonds. The third-order valence-corrected chi connectivity index (χ3v) is 3.15. The number of likely N-dealkylation sites (tertiary alicyclic amines) is 1. The van der Waals surface area contributed by atoms with Gasteiger partial charge in [0.1, 0.15) is 6.61 Å². The summed E-state index contributed by atoms with van der Waals surface area (Å²) in [6.45, 7) is 3.12. The highest BCUT2D eigenvalue weighted by molar-refractivity contribution is 5.68. The lowest BCUT2D eigenvalue weighted by Gasteiger charge is -2.21. The van der Waals surface area contributed by atoms with Crippen molar-refractivity contribution in [3.63, 3.8) is 0 Å². The molecule has 1 aromatic carbocycles. The number of hydrogen-bond donors (Lipinski definition) is 0. The van der Waals surface area contributed by atoms with E-state index in [-0.39, 0.29) is 12.1 Å². The van der Waals surface area contributed by atoms with Crippen LogP contribution in [0.25, 0.3) is 0 Å². The third kappa shape index (κ3) is 3.13. The largest absolute Gasteiger partial charge is 0.445 e. The van der Waals surface area contributed by atoms with E-state index in [0.717, 1.165) is 24.9 Å². The molecule has 2 rings (SSSR count). The fraction of sp³-hybridized carbons (Fsp3) is 0.400. The smallest absolute Gasteiger partial charge is 0.410 e. The topological polar surface area (TPSA) is 29.5 Å². The van der Waals surface area contributed by atoms with Gasteiger partial charge in [-0.05, 0) is 25.3 Å². The van der Waals surface area contributed by atoms with Gasteiger partial charge in [0.15, 0.2) is 0 Å². The minimum absolute atomic E-state index is 0.207. The zero-order valence-electron chi connectivity index (χ0n) is 10.7. The maximum atomic E-state index is 12.0. The molecule has 0 bridgehead atoms. The fourth-order valence-corrected chi connectivity index (χ4v) is 2.24. The minimum atomic E-state index is -0.209. The SMILES string of the molecule is CC=CC1CCCN1C(=O)OCc1ccccc1. The number of rotatable bonds is 3. The molecule has 3 heteroatoms. The van der Waals surface area contributed by atoms with Crippen LogP contribution in [0, 0.1) is 0 Å². The molecule has 18 heavy (non-hydrogen) atoms. The van der Waals surface area contributed by atoms with Crippen molar-refractivity contribution in [3.05, 3.63) is 48.0 Å². The first-order valence-electron chi connectivity index (χ1n) is 6.41. The van der Waals surface area contributed by atoms with Crippen LogP contribution in [0.3, 0.4) is 0 Å². The van der Waals surface area contributed by atoms with Gasteiger partial charge in [0.2, 0.25) is 0 Å². The molecule has 3 nitrogen and oxygen atoms in total. The Kier molecular flexibility index (Phi) is 4.40. The second-order valence-corrected chi connectivity index (χ2v) is 4.47. The van der Waals surface area contributed by atoms with Crippen molar-refractivity contribution in [2.75, 3.05) is 6.54 Å². The van der Waals surface area contributed by atoms with Crippen LogP contribution in [0.2, 0.25) is 0 Å². The van der Waals surface area contributed by atoms with Crippen molar-refractivity contribution in [1.82, 2.24) is 4.90 Å². The molecule has 1 aromatic rings. The molecule has 1 fully saturated rings. The Labute approximate surface area is 108 Å². The highest BCUT2D eigenvalue weighted by Crippen LogP contribution is 2.19. The average Bonchev–Trinajstić information content (AvgIpc) is 2.86. The summed E-state index contributed by atoms with van der Waals surface area (Å²) in [4.78, 5) is 13.8. The molecule has 0 aromatic heterocycles. The Morgan fingerprint density at radius 3 is 2.94 bits per heavy atom. The number of nitrogens with zero attached hydrogens (tertiary/aromatic N) is 1. The zero-order chi connectivity index (χ0) is 12.8. The van der Waals surface area contributed by atoms with Crippen molar-refractivity contribution in [2.45, 2.75) is 32.4 Å². The summed E-state index contributed by atoms with van der Waals surface area (Å²) in [6.07, 6.45) is 5.93. The molecule has 1 aliphatic rings. The van der Waals surface area contributed by atoms with Crippen molar-refractivity contribution in [1.29, 1.82) is 0 Å². The Morgan fingerprint density at radius 2 is 2.22 bits per heavy atom. The predicted octanol–water partition coefficient (Wildman–Crippen LogP) is 3.36. The Hall–Kier alpha value is -1.77. The Bertz CT molecular complexity index is 414. The summed E-state index contributed by atoms with van der Waals surface area (Å²) in [5, 5.41) is 0. The second-order valence-electron chi connectivity index (χ2n) is 4.47. The molecule has 1 unspecified atom stereocenters. The molecule has 1 saturated heterocycles. The predicted molar refractivity (Wildman–Crippen MR) is 71.2 cm³/mol. The van der Waals surface area contributed by atoms with E-state index in [2.05, 4.69) is 6.08 Å². The number of benzene rings is 1. The molecule has 0 radical (unpaired) electrons. The van der Waals surface area contributed by atoms with Gasteiger partial charge in [-0.2, -0.15) is 0 Å². The fourth-order valence-electron chi connectivity index (χ4n) is 2.24. The van der Waals surface area contributed by atoms with E-state index in [9.17, 15) is 4.79 Å². The van der Waals surface area contributed by atoms with Crippen molar-refractivity contribution in [2.24, 2.45) is 0 Å². The van der Waals surface area contributed by atoms with Crippen LogP contribution in [-0.2, 0) is 11.3 Å². The number of ether oxygens (including phenoxy) is 1. The summed E-state index contributed by atoms with van der Waals surface area (Å²) < 4.78 is 5.34. The molecule has 1 atom stereocenters. The van der Waals surface area contributed by atoms with Crippen LogP contribution in [-0.4, -0.2) is 23.6 Å². The number of amides is 1. The van der Waals surface area contributed by atoms with E-state index < -0.39 is 0 Å². The van der Waals surface area contributed by atoms with Crippen molar-refractivity contribution < 1.29 is 9.53 Å². The molecule has 0 N–H and O–H groups in total. The lowest BCUT2D eigenvalue weighted by Crippen LogP contribution is -2.34. The third-order valence-electron chi connectivity index (χ3n) is 3.15. The monoisotopic (exact) mass is 245 g/mol. The molecule has 0 saturated carbocycles. The first-order chi connectivity index (χ1) is 8.81. The number of allylic oxidation sites excluding steroid dienone is 1. The van der Waals surface area contributed by atoms with Crippen LogP contribution in [0.15, 0.2) is 42.5 Å². The average molecular weight is 245 g/mol. The summed E-state index contributed by atoms with van der Waals surface area (Å²) in [5.74, 6) is 0. The summed E-state index contributed by atoms with van der Waals surface area (Å²) in [6, 6.07) is 9.97. The van der Waals surface area contributed by atoms with Gasteiger partial charge >= 0.3 is 6.09 Å². The van der Waals surface area contributed by atoms with Gasteiger partial charge < -0.3 is 9.64 Å². The highest BCUT2D eigenvalue weighted by atomic mass is 16.6. The van der Waals surface area contributed by atoms with Gasteiger partial charge in [0, 0.05) is 6.54 Å². The lowest BCUT2D eigenvalue weighted by atomic mass is 10.2. The number of carbonyl (C=O) groups excluding carboxylic acids is 1. The van der Waals surface area contributed by atoms with Crippen LogP contribution in [0.4, 0.5) is 4.79 Å². The lowest BCUT2D eigenvalue weighted by molar-refractivity contribution is 0.0975. The molecular formula is C15H19NO2. The quantitative estimate of drug-likeness (QED) is 0.764. The zero-order valence-corrected chi connectivity index (χ0v) is 10.7. The van der Waals surface area contributed by atoms with Gasteiger partial charge in [-0.15, -0.1) is 0 Å². The van der Waals surface area contributed by atoms with Crippen LogP contribution in [0.5, 0.6) is 0 Å². The normalized spacial score (nSPS) is 19.4. The molecule has 96 valence electrons. The van der Waals surface area contributed by atoms with E-state index in [1.165, 1.54) is 0 Å². The molecule has 1 heterocycles. The van der Waals surface area contributed by atoms with Gasteiger partial charge in [0.05, 0.1) is 6.04 Å². The highest BCUT2D eigenvalue weighted by Gasteiger charge is 2.27. The first-order valence-corrected chi connectivity index (χ1v) is 6.41. The minimum Gasteiger partial charge on any atom is -0.445 e. The van der Waals surface area contributed by atoms with E-state index in [4.69, 9.17) is 4.74 Å². The van der Waals surface area contributed by atoms with Gasteiger partial charge in [0.25, 0.3) is 0 Å². The molecule has 0 aliphatic carbocycles. The van der Waals surface area contributed by atoms with E-state index >= 15 is 0 Å². The maximum absolute atomic E-state index is 12.0. The van der Waals surface area contributed by atoms with Gasteiger partial charge in [-0.25, -0.2) is 4.79 Å². The second kappa shape index (κ2) is 6.24. The standard InChI is InChI=1S/C15H19NO2/c1-2-7-14-10-6-11-16(14)15(17)18-12-13-8-4-3-5-9-13/h2-5,7-9,14H,6,10-12H2,1H3. The van der Waals surface area contributed by atoms with E-state index in [0.29, 0.717) is 6.61 Å².